The van der Waals surface area contributed by atoms with Gasteiger partial charge in [-0.05, 0) is 42.9 Å². The Hall–Kier alpha value is -3.98. The summed E-state index contributed by atoms with van der Waals surface area (Å²) < 4.78 is 31.2. The van der Waals surface area contributed by atoms with Crippen molar-refractivity contribution in [2.24, 2.45) is 0 Å². The van der Waals surface area contributed by atoms with Crippen molar-refractivity contribution in [1.82, 2.24) is 14.2 Å². The summed E-state index contributed by atoms with van der Waals surface area (Å²) in [7, 11) is 1.99. The molecule has 0 aliphatic carbocycles. The van der Waals surface area contributed by atoms with Gasteiger partial charge >= 0.3 is 5.69 Å². The zero-order valence-electron chi connectivity index (χ0n) is 19.2. The molecule has 0 saturated carbocycles. The average Bonchev–Trinajstić information content (AvgIpc) is 2.85. The maximum atomic E-state index is 15.3. The SMILES string of the molecule is CN1CCN(c2cc3c(cc2F)c(=O)n(OCc2ccccc2)c(=O)n3-c2cccc(F)c2)CC1. The van der Waals surface area contributed by atoms with Crippen molar-refractivity contribution in [2.45, 2.75) is 6.61 Å². The first-order chi connectivity index (χ1) is 16.9. The van der Waals surface area contributed by atoms with E-state index in [0.29, 0.717) is 17.8 Å². The fraction of sp³-hybridized carbons (Fsp3) is 0.231. The Bertz CT molecular complexity index is 1490. The Morgan fingerprint density at radius 3 is 2.34 bits per heavy atom. The number of rotatable bonds is 5. The van der Waals surface area contributed by atoms with Crippen LogP contribution in [-0.4, -0.2) is 47.4 Å². The van der Waals surface area contributed by atoms with Crippen LogP contribution >= 0.6 is 0 Å². The van der Waals surface area contributed by atoms with Crippen LogP contribution in [0.2, 0.25) is 0 Å². The van der Waals surface area contributed by atoms with Crippen LogP contribution in [0.25, 0.3) is 16.6 Å². The van der Waals surface area contributed by atoms with E-state index in [1.165, 1.54) is 28.8 Å². The van der Waals surface area contributed by atoms with Crippen molar-refractivity contribution in [3.05, 3.63) is 105 Å². The molecule has 0 atom stereocenters. The monoisotopic (exact) mass is 478 g/mol. The lowest BCUT2D eigenvalue weighted by Gasteiger charge is -2.34. The van der Waals surface area contributed by atoms with E-state index in [4.69, 9.17) is 4.84 Å². The largest absolute Gasteiger partial charge is 0.401 e. The van der Waals surface area contributed by atoms with Crippen molar-refractivity contribution in [3.63, 3.8) is 0 Å². The Balaban J connectivity index is 1.70. The molecule has 180 valence electrons. The normalized spacial score (nSPS) is 14.4. The van der Waals surface area contributed by atoms with Crippen LogP contribution in [0.4, 0.5) is 14.5 Å². The summed E-state index contributed by atoms with van der Waals surface area (Å²) in [6.07, 6.45) is 0. The van der Waals surface area contributed by atoms with E-state index in [1.54, 1.807) is 18.2 Å². The highest BCUT2D eigenvalue weighted by Gasteiger charge is 2.22. The number of likely N-dealkylation sites (N-methyl/N-ethyl adjacent to an activating group) is 1. The number of hydrogen-bond acceptors (Lipinski definition) is 5. The smallest absolute Gasteiger partial charge is 0.369 e. The molecule has 0 N–H and O–H groups in total. The molecule has 1 aliphatic rings. The first kappa shape index (κ1) is 22.8. The highest BCUT2D eigenvalue weighted by atomic mass is 19.1. The van der Waals surface area contributed by atoms with Gasteiger partial charge in [-0.1, -0.05) is 41.1 Å². The van der Waals surface area contributed by atoms with Crippen molar-refractivity contribution in [1.29, 1.82) is 0 Å². The van der Waals surface area contributed by atoms with E-state index in [9.17, 15) is 14.0 Å². The summed E-state index contributed by atoms with van der Waals surface area (Å²) in [6.45, 7) is 2.65. The second kappa shape index (κ2) is 9.34. The molecule has 1 aromatic heterocycles. The fourth-order valence-electron chi connectivity index (χ4n) is 4.28. The van der Waals surface area contributed by atoms with E-state index < -0.39 is 22.9 Å². The van der Waals surface area contributed by atoms with Gasteiger partial charge in [0.25, 0.3) is 5.56 Å². The van der Waals surface area contributed by atoms with E-state index in [-0.39, 0.29) is 28.9 Å². The Morgan fingerprint density at radius 2 is 1.63 bits per heavy atom. The summed E-state index contributed by atoms with van der Waals surface area (Å²) in [4.78, 5) is 36.4. The molecule has 0 radical (unpaired) electrons. The molecule has 5 rings (SSSR count). The van der Waals surface area contributed by atoms with Crippen LogP contribution in [0.5, 0.6) is 0 Å². The molecular formula is C26H24F2N4O3. The second-order valence-electron chi connectivity index (χ2n) is 8.57. The third-order valence-corrected chi connectivity index (χ3v) is 6.20. The van der Waals surface area contributed by atoms with Gasteiger partial charge in [-0.2, -0.15) is 0 Å². The van der Waals surface area contributed by atoms with Gasteiger partial charge in [0.05, 0.1) is 22.3 Å². The standard InChI is InChI=1S/C26H24F2N4O3/c1-29-10-12-30(13-11-29)24-16-23-21(15-22(24)28)25(33)32(35-17-18-6-3-2-4-7-18)26(34)31(23)20-9-5-8-19(27)14-20/h2-9,14-16H,10-13,17H2,1H3. The third kappa shape index (κ3) is 4.42. The molecule has 0 bridgehead atoms. The molecule has 3 aromatic carbocycles. The van der Waals surface area contributed by atoms with E-state index in [0.717, 1.165) is 24.7 Å². The molecule has 1 fully saturated rings. The van der Waals surface area contributed by atoms with Crippen molar-refractivity contribution in [2.75, 3.05) is 38.1 Å². The molecule has 4 aromatic rings. The van der Waals surface area contributed by atoms with Gasteiger partial charge in [-0.25, -0.2) is 13.6 Å². The van der Waals surface area contributed by atoms with Crippen LogP contribution in [0, 0.1) is 11.6 Å². The van der Waals surface area contributed by atoms with Crippen molar-refractivity contribution < 1.29 is 13.6 Å². The van der Waals surface area contributed by atoms with Crippen LogP contribution in [0.3, 0.4) is 0 Å². The van der Waals surface area contributed by atoms with Crippen molar-refractivity contribution >= 4 is 16.6 Å². The van der Waals surface area contributed by atoms with Crippen LogP contribution in [-0.2, 0) is 6.61 Å². The minimum atomic E-state index is -0.806. The summed E-state index contributed by atoms with van der Waals surface area (Å²) in [5, 5.41) is -0.0442. The highest BCUT2D eigenvalue weighted by Crippen LogP contribution is 2.26. The Labute approximate surface area is 200 Å². The molecule has 0 amide bonds. The predicted molar refractivity (Wildman–Crippen MR) is 130 cm³/mol. The van der Waals surface area contributed by atoms with Crippen LogP contribution in [0.1, 0.15) is 5.56 Å². The van der Waals surface area contributed by atoms with Crippen LogP contribution < -0.4 is 21.0 Å². The molecule has 9 heteroatoms. The lowest BCUT2D eigenvalue weighted by Crippen LogP contribution is -2.45. The average molecular weight is 478 g/mol. The maximum Gasteiger partial charge on any atom is 0.369 e. The van der Waals surface area contributed by atoms with Gasteiger partial charge in [-0.3, -0.25) is 9.36 Å². The molecule has 0 unspecified atom stereocenters. The summed E-state index contributed by atoms with van der Waals surface area (Å²) in [5.41, 5.74) is -0.170. The van der Waals surface area contributed by atoms with Gasteiger partial charge in [-0.15, -0.1) is 0 Å². The molecule has 7 nitrogen and oxygen atoms in total. The number of halogens is 2. The number of aromatic nitrogens is 2. The lowest BCUT2D eigenvalue weighted by molar-refractivity contribution is 0.0789. The van der Waals surface area contributed by atoms with E-state index in [1.807, 2.05) is 30.1 Å². The molecule has 1 saturated heterocycles. The topological polar surface area (TPSA) is 59.7 Å². The van der Waals surface area contributed by atoms with Gasteiger partial charge < -0.3 is 14.6 Å². The third-order valence-electron chi connectivity index (χ3n) is 6.20. The van der Waals surface area contributed by atoms with Gasteiger partial charge in [0.1, 0.15) is 18.2 Å². The summed E-state index contributed by atoms with van der Waals surface area (Å²) in [6, 6.07) is 17.1. The summed E-state index contributed by atoms with van der Waals surface area (Å²) in [5.74, 6) is -1.12. The molecule has 0 spiro atoms. The Kier molecular flexibility index (Phi) is 6.08. The fourth-order valence-corrected chi connectivity index (χ4v) is 4.28. The second-order valence-corrected chi connectivity index (χ2v) is 8.57. The number of nitrogens with zero attached hydrogens (tertiary/aromatic N) is 4. The number of fused-ring (bicyclic) bond motifs is 1. The van der Waals surface area contributed by atoms with Crippen LogP contribution in [0.15, 0.2) is 76.3 Å². The molecule has 2 heterocycles. The number of benzene rings is 3. The quantitative estimate of drug-likeness (QED) is 0.442. The number of piperazine rings is 1. The minimum Gasteiger partial charge on any atom is -0.401 e. The first-order valence-electron chi connectivity index (χ1n) is 11.3. The molecule has 35 heavy (non-hydrogen) atoms. The van der Waals surface area contributed by atoms with E-state index >= 15 is 4.39 Å². The highest BCUT2D eigenvalue weighted by molar-refractivity contribution is 5.84. The van der Waals surface area contributed by atoms with Crippen molar-refractivity contribution in [3.8, 4) is 5.69 Å². The predicted octanol–water partition coefficient (Wildman–Crippen LogP) is 2.81. The minimum absolute atomic E-state index is 0.0442. The number of hydrogen-bond donors (Lipinski definition) is 0. The number of anilines is 1. The zero-order valence-corrected chi connectivity index (χ0v) is 19.2. The van der Waals surface area contributed by atoms with Gasteiger partial charge in [0.15, 0.2) is 0 Å². The van der Waals surface area contributed by atoms with Gasteiger partial charge in [0.2, 0.25) is 0 Å². The lowest BCUT2D eigenvalue weighted by atomic mass is 10.1. The maximum absolute atomic E-state index is 15.3. The molecular weight excluding hydrogens is 454 g/mol. The first-order valence-corrected chi connectivity index (χ1v) is 11.3. The Morgan fingerprint density at radius 1 is 0.886 bits per heavy atom. The molecule has 1 aliphatic heterocycles. The summed E-state index contributed by atoms with van der Waals surface area (Å²) >= 11 is 0. The van der Waals surface area contributed by atoms with E-state index in [2.05, 4.69) is 4.90 Å². The zero-order chi connectivity index (χ0) is 24.5. The van der Waals surface area contributed by atoms with Gasteiger partial charge in [0, 0.05) is 26.2 Å².